The van der Waals surface area contributed by atoms with Crippen molar-refractivity contribution < 1.29 is 18.3 Å². The van der Waals surface area contributed by atoms with Gasteiger partial charge in [0, 0.05) is 25.7 Å². The van der Waals surface area contributed by atoms with Crippen molar-refractivity contribution in [2.75, 3.05) is 31.1 Å². The van der Waals surface area contributed by atoms with E-state index in [9.17, 15) is 13.6 Å². The first-order valence-corrected chi connectivity index (χ1v) is 6.68. The van der Waals surface area contributed by atoms with Gasteiger partial charge in [-0.3, -0.25) is 0 Å². The van der Waals surface area contributed by atoms with Gasteiger partial charge in [0.25, 0.3) is 0 Å². The topological polar surface area (TPSA) is 41.6 Å². The van der Waals surface area contributed by atoms with Gasteiger partial charge in [0.15, 0.2) is 11.6 Å². The molecular weight excluding hydrogens is 266 g/mol. The van der Waals surface area contributed by atoms with Gasteiger partial charge in [-0.1, -0.05) is 0 Å². The Balaban J connectivity index is 2.28. The van der Waals surface area contributed by atoms with Gasteiger partial charge < -0.3 is 15.0 Å². The molecule has 1 unspecified atom stereocenters. The number of rotatable bonds is 3. The largest absolute Gasteiger partial charge is 0.462 e. The second kappa shape index (κ2) is 6.17. The maximum Gasteiger partial charge on any atom is 0.341 e. The molecule has 2 rings (SSSR count). The second-order valence-electron chi connectivity index (χ2n) is 4.78. The standard InChI is InChI=1S/C14H18F2N2O2/c1-3-20-14(19)10-4-5-11(13(16)12(10)15)18-7-6-17-9(2)8-18/h4-5,9,17H,3,6-8H2,1-2H3. The van der Waals surface area contributed by atoms with E-state index in [1.54, 1.807) is 11.8 Å². The normalized spacial score (nSPS) is 19.0. The number of nitrogens with zero attached hydrogens (tertiary/aromatic N) is 1. The lowest BCUT2D eigenvalue weighted by atomic mass is 10.1. The lowest BCUT2D eigenvalue weighted by Gasteiger charge is -2.33. The van der Waals surface area contributed by atoms with Gasteiger partial charge in [-0.05, 0) is 26.0 Å². The number of benzene rings is 1. The summed E-state index contributed by atoms with van der Waals surface area (Å²) in [6.45, 7) is 5.61. The van der Waals surface area contributed by atoms with Crippen molar-refractivity contribution in [3.8, 4) is 0 Å². The minimum Gasteiger partial charge on any atom is -0.462 e. The maximum atomic E-state index is 14.1. The molecular formula is C14H18F2N2O2. The van der Waals surface area contributed by atoms with Gasteiger partial charge in [-0.25, -0.2) is 13.6 Å². The highest BCUT2D eigenvalue weighted by Crippen LogP contribution is 2.25. The van der Waals surface area contributed by atoms with E-state index in [1.807, 2.05) is 6.92 Å². The van der Waals surface area contributed by atoms with E-state index in [-0.39, 0.29) is 23.9 Å². The molecule has 0 saturated carbocycles. The maximum absolute atomic E-state index is 14.1. The molecule has 1 aliphatic heterocycles. The van der Waals surface area contributed by atoms with E-state index in [0.29, 0.717) is 19.6 Å². The van der Waals surface area contributed by atoms with Crippen molar-refractivity contribution in [3.05, 3.63) is 29.3 Å². The Morgan fingerprint density at radius 2 is 2.20 bits per heavy atom. The van der Waals surface area contributed by atoms with Crippen molar-refractivity contribution >= 4 is 11.7 Å². The molecule has 0 aromatic heterocycles. The number of carbonyl (C=O) groups is 1. The number of anilines is 1. The highest BCUT2D eigenvalue weighted by molar-refractivity contribution is 5.90. The third kappa shape index (κ3) is 2.90. The van der Waals surface area contributed by atoms with E-state index in [2.05, 4.69) is 5.32 Å². The minimum absolute atomic E-state index is 0.122. The first-order chi connectivity index (χ1) is 9.54. The van der Waals surface area contributed by atoms with Crippen LogP contribution in [0.4, 0.5) is 14.5 Å². The highest BCUT2D eigenvalue weighted by Gasteiger charge is 2.24. The van der Waals surface area contributed by atoms with Crippen molar-refractivity contribution in [2.45, 2.75) is 19.9 Å². The predicted octanol–water partition coefficient (Wildman–Crippen LogP) is 1.94. The summed E-state index contributed by atoms with van der Waals surface area (Å²) in [4.78, 5) is 13.3. The summed E-state index contributed by atoms with van der Waals surface area (Å²) in [5.74, 6) is -2.99. The smallest absolute Gasteiger partial charge is 0.341 e. The van der Waals surface area contributed by atoms with Gasteiger partial charge in [-0.15, -0.1) is 0 Å². The zero-order valence-corrected chi connectivity index (χ0v) is 11.6. The van der Waals surface area contributed by atoms with Crippen LogP contribution in [0.5, 0.6) is 0 Å². The van der Waals surface area contributed by atoms with Gasteiger partial charge in [0.05, 0.1) is 17.9 Å². The van der Waals surface area contributed by atoms with Gasteiger partial charge in [-0.2, -0.15) is 0 Å². The molecule has 0 bridgehead atoms. The molecule has 1 N–H and O–H groups in total. The predicted molar refractivity (Wildman–Crippen MR) is 72.0 cm³/mol. The fourth-order valence-corrected chi connectivity index (χ4v) is 2.30. The van der Waals surface area contributed by atoms with Crippen LogP contribution in [-0.2, 0) is 4.74 Å². The van der Waals surface area contributed by atoms with Crippen molar-refractivity contribution in [1.82, 2.24) is 5.32 Å². The zero-order chi connectivity index (χ0) is 14.7. The Kier molecular flexibility index (Phi) is 4.54. The van der Waals surface area contributed by atoms with Crippen molar-refractivity contribution in [3.63, 3.8) is 0 Å². The minimum atomic E-state index is -1.15. The molecule has 4 nitrogen and oxygen atoms in total. The number of piperazine rings is 1. The molecule has 0 amide bonds. The van der Waals surface area contributed by atoms with E-state index < -0.39 is 17.6 Å². The lowest BCUT2D eigenvalue weighted by molar-refractivity contribution is 0.0520. The van der Waals surface area contributed by atoms with Crippen LogP contribution in [0.2, 0.25) is 0 Å². The Bertz CT molecular complexity index is 508. The molecule has 1 atom stereocenters. The van der Waals surface area contributed by atoms with E-state index >= 15 is 0 Å². The summed E-state index contributed by atoms with van der Waals surface area (Å²) in [5, 5.41) is 3.23. The molecule has 0 radical (unpaired) electrons. The fraction of sp³-hybridized carbons (Fsp3) is 0.500. The summed E-state index contributed by atoms with van der Waals surface area (Å²) in [7, 11) is 0. The van der Waals surface area contributed by atoms with Crippen molar-refractivity contribution in [1.29, 1.82) is 0 Å². The van der Waals surface area contributed by atoms with Crippen LogP contribution in [0, 0.1) is 11.6 Å². The zero-order valence-electron chi connectivity index (χ0n) is 11.6. The first kappa shape index (κ1) is 14.7. The van der Waals surface area contributed by atoms with E-state index in [4.69, 9.17) is 4.74 Å². The third-order valence-corrected chi connectivity index (χ3v) is 3.27. The first-order valence-electron chi connectivity index (χ1n) is 6.68. The number of halogens is 2. The summed E-state index contributed by atoms with van der Waals surface area (Å²) < 4.78 is 32.8. The lowest BCUT2D eigenvalue weighted by Crippen LogP contribution is -2.49. The van der Waals surface area contributed by atoms with Crippen LogP contribution < -0.4 is 10.2 Å². The molecule has 1 aliphatic rings. The average Bonchev–Trinajstić information content (AvgIpc) is 2.42. The second-order valence-corrected chi connectivity index (χ2v) is 4.78. The molecule has 6 heteroatoms. The Morgan fingerprint density at radius 3 is 2.85 bits per heavy atom. The number of hydrogen-bond acceptors (Lipinski definition) is 4. The third-order valence-electron chi connectivity index (χ3n) is 3.27. The molecule has 1 heterocycles. The number of hydrogen-bond donors (Lipinski definition) is 1. The quantitative estimate of drug-likeness (QED) is 0.861. The Hall–Kier alpha value is -1.69. The number of carbonyl (C=O) groups excluding carboxylic acids is 1. The molecule has 0 spiro atoms. The van der Waals surface area contributed by atoms with Crippen LogP contribution in [0.25, 0.3) is 0 Å². The van der Waals surface area contributed by atoms with E-state index in [1.165, 1.54) is 12.1 Å². The van der Waals surface area contributed by atoms with Gasteiger partial charge >= 0.3 is 5.97 Å². The van der Waals surface area contributed by atoms with E-state index in [0.717, 1.165) is 0 Å². The summed E-state index contributed by atoms with van der Waals surface area (Å²) in [5.41, 5.74) is -0.180. The van der Waals surface area contributed by atoms with Crippen LogP contribution in [0.1, 0.15) is 24.2 Å². The SMILES string of the molecule is CCOC(=O)c1ccc(N2CCNC(C)C2)c(F)c1F. The number of nitrogens with one attached hydrogen (secondary N) is 1. The molecule has 0 aliphatic carbocycles. The van der Waals surface area contributed by atoms with Crippen molar-refractivity contribution in [2.24, 2.45) is 0 Å². The number of esters is 1. The Labute approximate surface area is 116 Å². The van der Waals surface area contributed by atoms with Crippen LogP contribution in [0.3, 0.4) is 0 Å². The van der Waals surface area contributed by atoms with Gasteiger partial charge in [0.1, 0.15) is 0 Å². The summed E-state index contributed by atoms with van der Waals surface area (Å²) in [6.07, 6.45) is 0. The molecule has 1 aromatic rings. The highest BCUT2D eigenvalue weighted by atomic mass is 19.2. The molecule has 110 valence electrons. The average molecular weight is 284 g/mol. The number of ether oxygens (including phenoxy) is 1. The molecule has 1 fully saturated rings. The fourth-order valence-electron chi connectivity index (χ4n) is 2.30. The van der Waals surface area contributed by atoms with Crippen LogP contribution in [0.15, 0.2) is 12.1 Å². The molecule has 20 heavy (non-hydrogen) atoms. The Morgan fingerprint density at radius 1 is 1.45 bits per heavy atom. The molecule has 1 aromatic carbocycles. The van der Waals surface area contributed by atoms with Crippen LogP contribution >= 0.6 is 0 Å². The summed E-state index contributed by atoms with van der Waals surface area (Å²) >= 11 is 0. The molecule has 1 saturated heterocycles. The monoisotopic (exact) mass is 284 g/mol. The van der Waals surface area contributed by atoms with Crippen LogP contribution in [-0.4, -0.2) is 38.3 Å². The van der Waals surface area contributed by atoms with Gasteiger partial charge in [0.2, 0.25) is 0 Å². The summed E-state index contributed by atoms with van der Waals surface area (Å²) in [6, 6.07) is 2.91.